The lowest BCUT2D eigenvalue weighted by atomic mass is 10.0. The van der Waals surface area contributed by atoms with Crippen LogP contribution in [0.2, 0.25) is 0 Å². The number of ether oxygens (including phenoxy) is 1. The van der Waals surface area contributed by atoms with E-state index >= 15 is 0 Å². The lowest BCUT2D eigenvalue weighted by molar-refractivity contribution is -0.193. The minimum Gasteiger partial charge on any atom is -0.501 e. The van der Waals surface area contributed by atoms with E-state index in [0.717, 1.165) is 7.11 Å². The molecule has 1 rings (SSSR count). The third kappa shape index (κ3) is 1.73. The Hall–Kier alpha value is -0.715. The van der Waals surface area contributed by atoms with E-state index in [-0.39, 0.29) is 24.3 Å². The normalized spacial score (nSPS) is 29.2. The van der Waals surface area contributed by atoms with E-state index in [2.05, 4.69) is 12.6 Å². The van der Waals surface area contributed by atoms with E-state index in [1.165, 1.54) is 0 Å². The minimum absolute atomic E-state index is 0.0197. The first-order valence-electron chi connectivity index (χ1n) is 4.04. The van der Waals surface area contributed by atoms with E-state index in [9.17, 15) is 18.0 Å². The molecule has 0 aromatic carbocycles. The molecule has 0 aromatic rings. The molecule has 0 N–H and O–H groups in total. The van der Waals surface area contributed by atoms with Gasteiger partial charge in [-0.05, 0) is 6.42 Å². The van der Waals surface area contributed by atoms with Crippen LogP contribution >= 0.6 is 0 Å². The smallest absolute Gasteiger partial charge is 0.359 e. The van der Waals surface area contributed by atoms with Crippen molar-refractivity contribution in [1.82, 2.24) is 4.90 Å². The van der Waals surface area contributed by atoms with E-state index < -0.39 is 17.7 Å². The molecular formula is C7H9BF3NO2-. The molecule has 1 unspecified atom stereocenters. The van der Waals surface area contributed by atoms with Crippen LogP contribution < -0.4 is 0 Å². The molecular weight excluding hydrogens is 198 g/mol. The van der Waals surface area contributed by atoms with Crippen LogP contribution in [0.1, 0.15) is 12.8 Å². The number of halogens is 3. The molecule has 0 amide bonds. The summed E-state index contributed by atoms with van der Waals surface area (Å²) in [4.78, 5) is 11.0. The molecule has 1 aliphatic rings. The largest absolute Gasteiger partial charge is 0.501 e. The van der Waals surface area contributed by atoms with Gasteiger partial charge >= 0.3 is 5.97 Å². The molecule has 1 heterocycles. The van der Waals surface area contributed by atoms with Gasteiger partial charge in [-0.1, -0.05) is 0 Å². The van der Waals surface area contributed by atoms with Crippen LogP contribution in [0, 0.1) is 0 Å². The minimum atomic E-state index is -3.85. The van der Waals surface area contributed by atoms with Crippen molar-refractivity contribution < 1.29 is 22.7 Å². The van der Waals surface area contributed by atoms with Crippen molar-refractivity contribution in [2.24, 2.45) is 0 Å². The highest BCUT2D eigenvalue weighted by Crippen LogP contribution is 2.37. The Morgan fingerprint density at radius 1 is 1.64 bits per heavy atom. The van der Waals surface area contributed by atoms with Crippen LogP contribution in [0.25, 0.3) is 0 Å². The maximum Gasteiger partial charge on any atom is 0.359 e. The van der Waals surface area contributed by atoms with Gasteiger partial charge in [-0.15, -0.1) is 0 Å². The molecule has 0 bridgehead atoms. The van der Waals surface area contributed by atoms with Gasteiger partial charge < -0.3 is 12.6 Å². The summed E-state index contributed by atoms with van der Waals surface area (Å²) in [5, 5.41) is 0. The number of hydrogen-bond acceptors (Lipinski definition) is 3. The molecule has 1 atom stereocenters. The first kappa shape index (κ1) is 11.4. The zero-order chi connectivity index (χ0) is 11.0. The molecule has 1 fully saturated rings. The summed E-state index contributed by atoms with van der Waals surface area (Å²) in [7, 11) is 5.39. The fraction of sp³-hybridized carbons (Fsp3) is 0.857. The Morgan fingerprint density at radius 3 is 2.64 bits per heavy atom. The lowest BCUT2D eigenvalue weighted by Crippen LogP contribution is -2.55. The maximum atomic E-state index is 13.8. The number of carbonyl (C=O) groups is 1. The molecule has 0 aliphatic carbocycles. The molecule has 1 saturated heterocycles. The second-order valence-corrected chi connectivity index (χ2v) is 3.09. The van der Waals surface area contributed by atoms with Crippen LogP contribution in [0.4, 0.5) is 13.2 Å². The van der Waals surface area contributed by atoms with E-state index in [0.29, 0.717) is 0 Å². The van der Waals surface area contributed by atoms with Crippen LogP contribution in [-0.2, 0) is 9.53 Å². The number of likely N-dealkylation sites (tertiary alicyclic amines) is 1. The average molecular weight is 207 g/mol. The van der Waals surface area contributed by atoms with E-state index in [1.54, 1.807) is 0 Å². The number of esters is 1. The Balaban J connectivity index is 2.92. The van der Waals surface area contributed by atoms with Gasteiger partial charge in [-0.3, -0.25) is 0 Å². The van der Waals surface area contributed by atoms with Crippen molar-refractivity contribution in [2.45, 2.75) is 24.6 Å². The quantitative estimate of drug-likeness (QED) is 0.378. The number of alkyl halides is 3. The van der Waals surface area contributed by atoms with Crippen LogP contribution in [0.15, 0.2) is 0 Å². The summed E-state index contributed by atoms with van der Waals surface area (Å²) in [6.45, 7) is -0.269. The first-order chi connectivity index (χ1) is 6.32. The SMILES string of the molecule is [B-]C(F)(F)N1CCCC1(F)C(=O)OC. The fourth-order valence-corrected chi connectivity index (χ4v) is 1.54. The summed E-state index contributed by atoms with van der Waals surface area (Å²) in [6.07, 6.45) is -0.190. The summed E-state index contributed by atoms with van der Waals surface area (Å²) < 4.78 is 43.2. The third-order valence-corrected chi connectivity index (χ3v) is 2.18. The van der Waals surface area contributed by atoms with Crippen LogP contribution in [0.3, 0.4) is 0 Å². The summed E-state index contributed by atoms with van der Waals surface area (Å²) in [5.41, 5.74) is 0. The first-order valence-corrected chi connectivity index (χ1v) is 4.04. The predicted molar refractivity (Wildman–Crippen MR) is 42.5 cm³/mol. The van der Waals surface area contributed by atoms with Crippen LogP contribution in [-0.4, -0.2) is 44.1 Å². The Morgan fingerprint density at radius 2 is 2.21 bits per heavy atom. The molecule has 7 heteroatoms. The van der Waals surface area contributed by atoms with Gasteiger partial charge in [0.25, 0.3) is 5.79 Å². The maximum absolute atomic E-state index is 13.8. The molecule has 0 saturated carbocycles. The Kier molecular flexibility index (Phi) is 2.80. The van der Waals surface area contributed by atoms with Crippen molar-refractivity contribution in [3.05, 3.63) is 0 Å². The van der Waals surface area contributed by atoms with Gasteiger partial charge in [0.05, 0.1) is 13.1 Å². The molecule has 0 aromatic heterocycles. The second-order valence-electron chi connectivity index (χ2n) is 3.09. The zero-order valence-electron chi connectivity index (χ0n) is 7.60. The molecule has 14 heavy (non-hydrogen) atoms. The Labute approximate surface area is 80.6 Å². The fourth-order valence-electron chi connectivity index (χ4n) is 1.54. The monoisotopic (exact) mass is 207 g/mol. The zero-order valence-corrected chi connectivity index (χ0v) is 7.60. The van der Waals surface area contributed by atoms with Crippen molar-refractivity contribution in [3.63, 3.8) is 0 Å². The van der Waals surface area contributed by atoms with Gasteiger partial charge in [0.2, 0.25) is 0 Å². The molecule has 3 radical (unpaired) electrons. The summed E-state index contributed by atoms with van der Waals surface area (Å²) in [6, 6.07) is 0. The van der Waals surface area contributed by atoms with E-state index in [4.69, 9.17) is 0 Å². The van der Waals surface area contributed by atoms with Gasteiger partial charge in [-0.25, -0.2) is 22.9 Å². The average Bonchev–Trinajstić information content (AvgIpc) is 2.46. The van der Waals surface area contributed by atoms with Gasteiger partial charge in [-0.2, -0.15) is 0 Å². The van der Waals surface area contributed by atoms with Gasteiger partial charge in [0, 0.05) is 13.0 Å². The highest BCUT2D eigenvalue weighted by molar-refractivity contribution is 6.13. The van der Waals surface area contributed by atoms with E-state index in [1.807, 2.05) is 0 Å². The van der Waals surface area contributed by atoms with Crippen LogP contribution in [0.5, 0.6) is 0 Å². The molecule has 0 spiro atoms. The standard InChI is InChI=1S/C7H9BF3NO2/c1-14-5(13)6(9)3-2-4-12(6)7(8,10)11/h2-4H2,1H3/q-1. The van der Waals surface area contributed by atoms with Crippen molar-refractivity contribution >= 4 is 13.8 Å². The highest BCUT2D eigenvalue weighted by atomic mass is 19.3. The summed E-state index contributed by atoms with van der Waals surface area (Å²) in [5.74, 6) is -7.98. The molecule has 3 nitrogen and oxygen atoms in total. The summed E-state index contributed by atoms with van der Waals surface area (Å²) >= 11 is 0. The van der Waals surface area contributed by atoms with Crippen molar-refractivity contribution in [1.29, 1.82) is 0 Å². The second kappa shape index (κ2) is 3.45. The molecule has 79 valence electrons. The van der Waals surface area contributed by atoms with Crippen molar-refractivity contribution in [2.75, 3.05) is 13.7 Å². The lowest BCUT2D eigenvalue weighted by Gasteiger charge is -2.41. The molecule has 1 aliphatic heterocycles. The number of nitrogens with zero attached hydrogens (tertiary/aromatic N) is 1. The number of hydrogen-bond donors (Lipinski definition) is 0. The van der Waals surface area contributed by atoms with Gasteiger partial charge in [0.1, 0.15) is 0 Å². The topological polar surface area (TPSA) is 29.5 Å². The third-order valence-electron chi connectivity index (χ3n) is 2.18. The number of rotatable bonds is 2. The Bertz CT molecular complexity index is 246. The highest BCUT2D eigenvalue weighted by Gasteiger charge is 2.52. The van der Waals surface area contributed by atoms with Gasteiger partial charge in [0.15, 0.2) is 0 Å². The predicted octanol–water partition coefficient (Wildman–Crippen LogP) is 0.640. The number of carbonyl (C=O) groups excluding carboxylic acids is 1. The van der Waals surface area contributed by atoms with Crippen molar-refractivity contribution in [3.8, 4) is 0 Å². The number of methoxy groups -OCH3 is 1.